The SMILES string of the molecule is CCCc1ccc(CNC2CCN(OS(=O)(=O)c3ccc(CNC(=O)c4cccc(OC)c4)s3)CC2)cc1. The summed E-state index contributed by atoms with van der Waals surface area (Å²) in [6.45, 7) is 4.25. The summed E-state index contributed by atoms with van der Waals surface area (Å²) < 4.78 is 36.4. The third-order valence-electron chi connectivity index (χ3n) is 6.45. The van der Waals surface area contributed by atoms with Crippen LogP contribution in [-0.2, 0) is 33.9 Å². The van der Waals surface area contributed by atoms with Crippen LogP contribution in [0.3, 0.4) is 0 Å². The van der Waals surface area contributed by atoms with E-state index in [-0.39, 0.29) is 16.7 Å². The number of hydroxylamine groups is 2. The first-order chi connectivity index (χ1) is 18.4. The van der Waals surface area contributed by atoms with E-state index in [1.165, 1.54) is 22.3 Å². The van der Waals surface area contributed by atoms with Gasteiger partial charge >= 0.3 is 10.1 Å². The molecule has 1 saturated heterocycles. The minimum atomic E-state index is -3.93. The zero-order valence-electron chi connectivity index (χ0n) is 21.8. The number of aryl methyl sites for hydroxylation is 1. The number of nitrogens with one attached hydrogen (secondary N) is 2. The first-order valence-corrected chi connectivity index (χ1v) is 15.1. The van der Waals surface area contributed by atoms with Gasteiger partial charge in [-0.2, -0.15) is 17.8 Å². The standard InChI is InChI=1S/C28H35N3O5S2/c1-3-5-21-8-10-22(11-9-21)19-29-24-14-16-31(17-15-24)36-38(33,34)27-13-12-26(37-27)20-30-28(32)23-6-4-7-25(18-23)35-2/h4,6-13,18,24,29H,3,5,14-17,19-20H2,1-2H3,(H,30,32). The molecule has 0 bridgehead atoms. The molecule has 204 valence electrons. The molecule has 10 heteroatoms. The van der Waals surface area contributed by atoms with Gasteiger partial charge in [-0.05, 0) is 60.7 Å². The highest BCUT2D eigenvalue weighted by Gasteiger charge is 2.26. The Labute approximate surface area is 229 Å². The molecule has 1 aliphatic heterocycles. The van der Waals surface area contributed by atoms with E-state index in [2.05, 4.69) is 41.8 Å². The third kappa shape index (κ3) is 7.87. The van der Waals surface area contributed by atoms with Gasteiger partial charge in [0.25, 0.3) is 5.91 Å². The number of hydrogen-bond donors (Lipinski definition) is 2. The molecule has 1 fully saturated rings. The van der Waals surface area contributed by atoms with Crippen molar-refractivity contribution in [2.24, 2.45) is 0 Å². The number of ether oxygens (including phenoxy) is 1. The van der Waals surface area contributed by atoms with Crippen LogP contribution in [0.4, 0.5) is 0 Å². The number of hydrogen-bond acceptors (Lipinski definition) is 8. The fourth-order valence-electron chi connectivity index (χ4n) is 4.31. The molecule has 1 aliphatic rings. The lowest BCUT2D eigenvalue weighted by Crippen LogP contribution is -2.42. The quantitative estimate of drug-likeness (QED) is 0.338. The van der Waals surface area contributed by atoms with Crippen LogP contribution in [0.5, 0.6) is 5.75 Å². The molecule has 38 heavy (non-hydrogen) atoms. The van der Waals surface area contributed by atoms with Crippen molar-refractivity contribution in [1.29, 1.82) is 0 Å². The zero-order chi connectivity index (χ0) is 27.0. The Morgan fingerprint density at radius 3 is 2.47 bits per heavy atom. The highest BCUT2D eigenvalue weighted by Crippen LogP contribution is 2.25. The summed E-state index contributed by atoms with van der Waals surface area (Å²) in [5.74, 6) is 0.333. The number of piperidine rings is 1. The molecular weight excluding hydrogens is 522 g/mol. The summed E-state index contributed by atoms with van der Waals surface area (Å²) in [6, 6.07) is 19.1. The summed E-state index contributed by atoms with van der Waals surface area (Å²) in [4.78, 5) is 13.1. The van der Waals surface area contributed by atoms with Gasteiger partial charge in [-0.3, -0.25) is 4.79 Å². The number of thiophene rings is 1. The molecule has 2 aromatic carbocycles. The van der Waals surface area contributed by atoms with Crippen LogP contribution in [0.25, 0.3) is 0 Å². The average molecular weight is 558 g/mol. The van der Waals surface area contributed by atoms with E-state index in [4.69, 9.17) is 9.02 Å². The van der Waals surface area contributed by atoms with Crippen molar-refractivity contribution >= 4 is 27.4 Å². The van der Waals surface area contributed by atoms with Crippen LogP contribution < -0.4 is 15.4 Å². The van der Waals surface area contributed by atoms with Gasteiger partial charge in [0.2, 0.25) is 0 Å². The van der Waals surface area contributed by atoms with Crippen molar-refractivity contribution in [3.05, 3.63) is 82.2 Å². The van der Waals surface area contributed by atoms with Crippen LogP contribution in [0, 0.1) is 0 Å². The molecule has 0 atom stereocenters. The fraction of sp³-hybridized carbons (Fsp3) is 0.393. The lowest BCUT2D eigenvalue weighted by atomic mass is 10.0. The Morgan fingerprint density at radius 2 is 1.76 bits per heavy atom. The van der Waals surface area contributed by atoms with Crippen molar-refractivity contribution < 1.29 is 22.2 Å². The van der Waals surface area contributed by atoms with Gasteiger partial charge in [0.15, 0.2) is 0 Å². The van der Waals surface area contributed by atoms with E-state index in [9.17, 15) is 13.2 Å². The Kier molecular flexibility index (Phi) is 9.92. The second-order valence-corrected chi connectivity index (χ2v) is 12.2. The summed E-state index contributed by atoms with van der Waals surface area (Å²) in [7, 11) is -2.38. The minimum Gasteiger partial charge on any atom is -0.497 e. The first kappa shape index (κ1) is 28.3. The molecule has 3 aromatic rings. The molecule has 0 spiro atoms. The maximum atomic E-state index is 12.8. The Morgan fingerprint density at radius 1 is 1.03 bits per heavy atom. The molecule has 0 radical (unpaired) electrons. The van der Waals surface area contributed by atoms with Gasteiger partial charge in [0.1, 0.15) is 9.96 Å². The maximum absolute atomic E-state index is 12.8. The van der Waals surface area contributed by atoms with Crippen LogP contribution in [0.15, 0.2) is 64.9 Å². The number of methoxy groups -OCH3 is 1. The Hall–Kier alpha value is -2.76. The molecular formula is C28H35N3O5S2. The highest BCUT2D eigenvalue weighted by atomic mass is 32.3. The van der Waals surface area contributed by atoms with Crippen molar-refractivity contribution in [3.8, 4) is 5.75 Å². The number of carbonyl (C=O) groups excluding carboxylic acids is 1. The summed E-state index contributed by atoms with van der Waals surface area (Å²) in [5.41, 5.74) is 3.08. The van der Waals surface area contributed by atoms with Gasteiger partial charge in [-0.25, -0.2) is 0 Å². The van der Waals surface area contributed by atoms with Crippen molar-refractivity contribution in [2.75, 3.05) is 20.2 Å². The maximum Gasteiger partial charge on any atom is 0.322 e. The van der Waals surface area contributed by atoms with Gasteiger partial charge in [0.05, 0.1) is 13.7 Å². The number of amides is 1. The molecule has 0 unspecified atom stereocenters. The Balaban J connectivity index is 1.22. The van der Waals surface area contributed by atoms with E-state index in [0.29, 0.717) is 35.3 Å². The monoisotopic (exact) mass is 557 g/mol. The normalized spacial score (nSPS) is 14.9. The number of nitrogens with zero attached hydrogens (tertiary/aromatic N) is 1. The average Bonchev–Trinajstić information content (AvgIpc) is 3.42. The molecule has 0 saturated carbocycles. The molecule has 1 amide bonds. The summed E-state index contributed by atoms with van der Waals surface area (Å²) >= 11 is 1.09. The van der Waals surface area contributed by atoms with E-state index >= 15 is 0 Å². The third-order valence-corrected chi connectivity index (χ3v) is 9.23. The van der Waals surface area contributed by atoms with Crippen molar-refractivity contribution in [3.63, 3.8) is 0 Å². The van der Waals surface area contributed by atoms with E-state index in [1.54, 1.807) is 37.4 Å². The van der Waals surface area contributed by atoms with Gasteiger partial charge in [-0.15, -0.1) is 11.3 Å². The molecule has 8 nitrogen and oxygen atoms in total. The first-order valence-electron chi connectivity index (χ1n) is 12.9. The molecule has 4 rings (SSSR count). The predicted molar refractivity (Wildman–Crippen MR) is 149 cm³/mol. The summed E-state index contributed by atoms with van der Waals surface area (Å²) in [6.07, 6.45) is 3.85. The summed E-state index contributed by atoms with van der Waals surface area (Å²) in [5, 5.41) is 7.92. The minimum absolute atomic E-state index is 0.120. The van der Waals surface area contributed by atoms with Gasteiger partial charge < -0.3 is 15.4 Å². The van der Waals surface area contributed by atoms with Crippen LogP contribution in [0.1, 0.15) is 52.5 Å². The molecule has 2 heterocycles. The fourth-order valence-corrected chi connectivity index (χ4v) is 6.54. The Bertz CT molecular complexity index is 1300. The highest BCUT2D eigenvalue weighted by molar-refractivity contribution is 7.89. The van der Waals surface area contributed by atoms with Gasteiger partial charge in [0, 0.05) is 36.1 Å². The number of benzene rings is 2. The van der Waals surface area contributed by atoms with Crippen molar-refractivity contribution in [1.82, 2.24) is 15.7 Å². The lowest BCUT2D eigenvalue weighted by molar-refractivity contribution is -0.0707. The van der Waals surface area contributed by atoms with Gasteiger partial charge in [-0.1, -0.05) is 43.7 Å². The van der Waals surface area contributed by atoms with E-state index in [0.717, 1.165) is 43.6 Å². The topological polar surface area (TPSA) is 97.0 Å². The number of carbonyl (C=O) groups is 1. The zero-order valence-corrected chi connectivity index (χ0v) is 23.4. The van der Waals surface area contributed by atoms with Crippen LogP contribution >= 0.6 is 11.3 Å². The van der Waals surface area contributed by atoms with Crippen molar-refractivity contribution in [2.45, 2.75) is 55.9 Å². The van der Waals surface area contributed by atoms with E-state index in [1.807, 2.05) is 0 Å². The lowest BCUT2D eigenvalue weighted by Gasteiger charge is -2.30. The predicted octanol–water partition coefficient (Wildman–Crippen LogP) is 4.51. The molecule has 0 aliphatic carbocycles. The van der Waals surface area contributed by atoms with E-state index < -0.39 is 10.1 Å². The molecule has 2 N–H and O–H groups in total. The smallest absolute Gasteiger partial charge is 0.322 e. The van der Waals surface area contributed by atoms with Crippen LogP contribution in [-0.4, -0.2) is 45.6 Å². The number of rotatable bonds is 12. The molecule has 1 aromatic heterocycles. The second kappa shape index (κ2) is 13.3. The second-order valence-electron chi connectivity index (χ2n) is 9.31. The van der Waals surface area contributed by atoms with Crippen LogP contribution in [0.2, 0.25) is 0 Å². The largest absolute Gasteiger partial charge is 0.497 e.